The van der Waals surface area contributed by atoms with Crippen LogP contribution in [0.15, 0.2) is 65.8 Å². The average molecular weight is 412 g/mol. The highest BCUT2D eigenvalue weighted by Gasteiger charge is 2.37. The largest absolute Gasteiger partial charge is 0.507 e. The van der Waals surface area contributed by atoms with Gasteiger partial charge in [0, 0.05) is 5.56 Å². The first-order valence-electron chi connectivity index (χ1n) is 8.89. The lowest BCUT2D eigenvalue weighted by atomic mass is 10.0. The standard InChI is InChI=1S/C21H15F3N4O2/c22-21(23,24)20-26-16-7-3-4-8-17(16)28(20)12-19(30)27-25-11-15-14-6-2-1-5-13(14)9-10-18(15)29/h1-11,29H,12H2,(H,27,30)/b25-11-. The molecule has 0 aliphatic rings. The number of carbonyl (C=O) groups is 1. The molecule has 3 aromatic carbocycles. The zero-order valence-corrected chi connectivity index (χ0v) is 15.4. The molecule has 0 saturated carbocycles. The van der Waals surface area contributed by atoms with E-state index in [1.54, 1.807) is 30.3 Å². The number of hydrazone groups is 1. The minimum Gasteiger partial charge on any atom is -0.507 e. The number of alkyl halides is 3. The Morgan fingerprint density at radius 2 is 1.83 bits per heavy atom. The number of fused-ring (bicyclic) bond motifs is 2. The van der Waals surface area contributed by atoms with Gasteiger partial charge in [0.15, 0.2) is 0 Å². The number of phenolic OH excluding ortho intramolecular Hbond substituents is 1. The number of hydrogen-bond donors (Lipinski definition) is 2. The summed E-state index contributed by atoms with van der Waals surface area (Å²) in [4.78, 5) is 15.9. The van der Waals surface area contributed by atoms with Gasteiger partial charge in [-0.1, -0.05) is 42.5 Å². The number of benzene rings is 3. The molecule has 0 radical (unpaired) electrons. The van der Waals surface area contributed by atoms with Crippen molar-refractivity contribution in [1.29, 1.82) is 0 Å². The maximum atomic E-state index is 13.3. The molecule has 0 atom stereocenters. The summed E-state index contributed by atoms with van der Waals surface area (Å²) in [7, 11) is 0. The molecular weight excluding hydrogens is 397 g/mol. The number of nitrogens with one attached hydrogen (secondary N) is 1. The van der Waals surface area contributed by atoms with Crippen LogP contribution in [0.1, 0.15) is 11.4 Å². The van der Waals surface area contributed by atoms with Crippen molar-refractivity contribution < 1.29 is 23.1 Å². The fourth-order valence-electron chi connectivity index (χ4n) is 3.22. The van der Waals surface area contributed by atoms with Gasteiger partial charge in [-0.15, -0.1) is 0 Å². The second-order valence-corrected chi connectivity index (χ2v) is 6.52. The molecule has 0 saturated heterocycles. The van der Waals surface area contributed by atoms with Gasteiger partial charge in [0.25, 0.3) is 5.91 Å². The SMILES string of the molecule is O=C(Cn1c(C(F)(F)F)nc2ccccc21)N/N=C\c1c(O)ccc2ccccc12. The number of imidazole rings is 1. The number of amides is 1. The van der Waals surface area contributed by atoms with Crippen LogP contribution in [0.5, 0.6) is 5.75 Å². The van der Waals surface area contributed by atoms with E-state index in [4.69, 9.17) is 0 Å². The molecule has 4 rings (SSSR count). The van der Waals surface area contributed by atoms with Crippen molar-refractivity contribution in [3.05, 3.63) is 72.1 Å². The number of aromatic nitrogens is 2. The Balaban J connectivity index is 1.58. The normalized spacial score (nSPS) is 12.1. The minimum absolute atomic E-state index is 0.0355. The van der Waals surface area contributed by atoms with Crippen LogP contribution in [0.2, 0.25) is 0 Å². The van der Waals surface area contributed by atoms with Crippen molar-refractivity contribution in [2.45, 2.75) is 12.7 Å². The molecule has 1 amide bonds. The summed E-state index contributed by atoms with van der Waals surface area (Å²) < 4.78 is 40.8. The number of hydrogen-bond acceptors (Lipinski definition) is 4. The number of aromatic hydroxyl groups is 1. The van der Waals surface area contributed by atoms with Crippen LogP contribution in [-0.4, -0.2) is 26.8 Å². The van der Waals surface area contributed by atoms with E-state index in [1.807, 2.05) is 12.1 Å². The molecule has 0 fully saturated rings. The zero-order chi connectivity index (χ0) is 21.3. The Kier molecular flexibility index (Phi) is 4.86. The van der Waals surface area contributed by atoms with E-state index < -0.39 is 24.5 Å². The number of nitrogens with zero attached hydrogens (tertiary/aromatic N) is 3. The highest BCUT2D eigenvalue weighted by molar-refractivity contribution is 6.02. The Labute approximate surface area is 168 Å². The number of rotatable bonds is 4. The average Bonchev–Trinajstić information content (AvgIpc) is 3.09. The highest BCUT2D eigenvalue weighted by Crippen LogP contribution is 2.31. The van der Waals surface area contributed by atoms with Gasteiger partial charge in [-0.25, -0.2) is 10.4 Å². The van der Waals surface area contributed by atoms with Crippen LogP contribution >= 0.6 is 0 Å². The second kappa shape index (κ2) is 7.51. The number of halogens is 3. The molecule has 1 aromatic heterocycles. The molecule has 4 aromatic rings. The van der Waals surface area contributed by atoms with Crippen molar-refractivity contribution in [2.24, 2.45) is 5.10 Å². The van der Waals surface area contributed by atoms with Crippen molar-refractivity contribution in [2.75, 3.05) is 0 Å². The summed E-state index contributed by atoms with van der Waals surface area (Å²) in [6.07, 6.45) is -3.45. The summed E-state index contributed by atoms with van der Waals surface area (Å²) in [6, 6.07) is 16.6. The van der Waals surface area contributed by atoms with E-state index in [0.29, 0.717) is 5.56 Å². The Bertz CT molecular complexity index is 1280. The quantitative estimate of drug-likeness (QED) is 0.392. The predicted octanol–water partition coefficient (Wildman–Crippen LogP) is 4.06. The summed E-state index contributed by atoms with van der Waals surface area (Å²) in [5.41, 5.74) is 2.93. The molecule has 0 aliphatic carbocycles. The summed E-state index contributed by atoms with van der Waals surface area (Å²) in [5, 5.41) is 15.5. The van der Waals surface area contributed by atoms with E-state index >= 15 is 0 Å². The van der Waals surface area contributed by atoms with Crippen molar-refractivity contribution >= 4 is 33.9 Å². The lowest BCUT2D eigenvalue weighted by Gasteiger charge is -2.10. The molecule has 152 valence electrons. The Hall–Kier alpha value is -3.88. The smallest absolute Gasteiger partial charge is 0.449 e. The zero-order valence-electron chi connectivity index (χ0n) is 15.4. The van der Waals surface area contributed by atoms with E-state index in [1.165, 1.54) is 24.4 Å². The van der Waals surface area contributed by atoms with Crippen molar-refractivity contribution in [3.63, 3.8) is 0 Å². The maximum Gasteiger partial charge on any atom is 0.449 e. The van der Waals surface area contributed by atoms with E-state index in [2.05, 4.69) is 15.5 Å². The molecule has 30 heavy (non-hydrogen) atoms. The first-order chi connectivity index (χ1) is 14.3. The molecule has 0 spiro atoms. The fourth-order valence-corrected chi connectivity index (χ4v) is 3.22. The molecule has 6 nitrogen and oxygen atoms in total. The van der Waals surface area contributed by atoms with Crippen LogP contribution in [0.25, 0.3) is 21.8 Å². The van der Waals surface area contributed by atoms with Crippen LogP contribution in [0, 0.1) is 0 Å². The second-order valence-electron chi connectivity index (χ2n) is 6.52. The third-order valence-electron chi connectivity index (χ3n) is 4.54. The predicted molar refractivity (Wildman–Crippen MR) is 106 cm³/mol. The first-order valence-corrected chi connectivity index (χ1v) is 8.89. The molecular formula is C21H15F3N4O2. The monoisotopic (exact) mass is 412 g/mol. The summed E-state index contributed by atoms with van der Waals surface area (Å²) in [6.45, 7) is -0.617. The Morgan fingerprint density at radius 3 is 2.63 bits per heavy atom. The van der Waals surface area contributed by atoms with E-state index in [0.717, 1.165) is 15.3 Å². The molecule has 0 bridgehead atoms. The van der Waals surface area contributed by atoms with Crippen molar-refractivity contribution in [3.8, 4) is 5.75 Å². The molecule has 0 aliphatic heterocycles. The van der Waals surface area contributed by atoms with Crippen LogP contribution in [-0.2, 0) is 17.5 Å². The number of carbonyl (C=O) groups excluding carboxylic acids is 1. The summed E-state index contributed by atoms with van der Waals surface area (Å²) >= 11 is 0. The van der Waals surface area contributed by atoms with Gasteiger partial charge >= 0.3 is 6.18 Å². The van der Waals surface area contributed by atoms with Crippen LogP contribution in [0.3, 0.4) is 0 Å². The van der Waals surface area contributed by atoms with Gasteiger partial charge in [0.05, 0.1) is 17.2 Å². The van der Waals surface area contributed by atoms with Gasteiger partial charge < -0.3 is 9.67 Å². The van der Waals surface area contributed by atoms with Crippen LogP contribution < -0.4 is 5.43 Å². The third kappa shape index (κ3) is 3.69. The molecule has 0 unspecified atom stereocenters. The van der Waals surface area contributed by atoms with Crippen molar-refractivity contribution in [1.82, 2.24) is 15.0 Å². The maximum absolute atomic E-state index is 13.3. The highest BCUT2D eigenvalue weighted by atomic mass is 19.4. The molecule has 1 heterocycles. The summed E-state index contributed by atoms with van der Waals surface area (Å²) in [5.74, 6) is -1.96. The molecule has 9 heteroatoms. The number of phenols is 1. The Morgan fingerprint density at radius 1 is 1.10 bits per heavy atom. The first kappa shape index (κ1) is 19.4. The topological polar surface area (TPSA) is 79.5 Å². The lowest BCUT2D eigenvalue weighted by Crippen LogP contribution is -2.26. The van der Waals surface area contributed by atoms with E-state index in [-0.39, 0.29) is 16.8 Å². The third-order valence-corrected chi connectivity index (χ3v) is 4.54. The minimum atomic E-state index is -4.71. The van der Waals surface area contributed by atoms with Crippen LogP contribution in [0.4, 0.5) is 13.2 Å². The fraction of sp³-hybridized carbons (Fsp3) is 0.0952. The van der Waals surface area contributed by atoms with Gasteiger partial charge in [-0.2, -0.15) is 18.3 Å². The molecule has 2 N–H and O–H groups in total. The number of para-hydroxylation sites is 2. The lowest BCUT2D eigenvalue weighted by molar-refractivity contribution is -0.147. The van der Waals surface area contributed by atoms with Gasteiger partial charge in [0.2, 0.25) is 5.82 Å². The van der Waals surface area contributed by atoms with E-state index in [9.17, 15) is 23.1 Å². The van der Waals surface area contributed by atoms with Gasteiger partial charge in [-0.05, 0) is 29.0 Å². The van der Waals surface area contributed by atoms with Gasteiger partial charge in [-0.3, -0.25) is 4.79 Å². The van der Waals surface area contributed by atoms with Gasteiger partial charge in [0.1, 0.15) is 12.3 Å².